The molecule has 1 amide bonds. The maximum absolute atomic E-state index is 11.9. The normalized spacial score (nSPS) is 11.5. The van der Waals surface area contributed by atoms with Crippen molar-refractivity contribution in [2.45, 2.75) is 33.6 Å². The van der Waals surface area contributed by atoms with E-state index in [2.05, 4.69) is 24.1 Å². The maximum Gasteiger partial charge on any atom is 0.263 e. The van der Waals surface area contributed by atoms with Gasteiger partial charge in [0.15, 0.2) is 0 Å². The highest BCUT2D eigenvalue weighted by Crippen LogP contribution is 2.21. The number of aryl methyl sites for hydroxylation is 1. The van der Waals surface area contributed by atoms with Gasteiger partial charge >= 0.3 is 0 Å². The molecule has 0 bridgehead atoms. The number of aliphatic hydroxyl groups excluding tert-OH is 1. The Bertz CT molecular complexity index is 374. The number of carbonyl (C=O) groups excluding carboxylic acids is 1. The molecule has 0 unspecified atom stereocenters. The number of nitrogens with zero attached hydrogens (tertiary/aromatic N) is 1. The molecule has 1 aromatic heterocycles. The second-order valence-corrected chi connectivity index (χ2v) is 5.80. The third-order valence-electron chi connectivity index (χ3n) is 2.69. The summed E-state index contributed by atoms with van der Waals surface area (Å²) >= 11 is 1.36. The summed E-state index contributed by atoms with van der Waals surface area (Å²) in [6, 6.07) is 0. The molecule has 0 aliphatic rings. The number of rotatable bonds is 6. The number of hydrogen-bond acceptors (Lipinski definition) is 4. The van der Waals surface area contributed by atoms with Crippen LogP contribution >= 0.6 is 11.3 Å². The zero-order chi connectivity index (χ0) is 12.9. The topological polar surface area (TPSA) is 62.2 Å². The first-order valence-corrected chi connectivity index (χ1v) is 6.63. The number of nitrogens with one attached hydrogen (secondary N) is 1. The minimum Gasteiger partial charge on any atom is -0.396 e. The van der Waals surface area contributed by atoms with Crippen LogP contribution in [0.3, 0.4) is 0 Å². The minimum absolute atomic E-state index is 0.0109. The van der Waals surface area contributed by atoms with E-state index in [-0.39, 0.29) is 17.9 Å². The highest BCUT2D eigenvalue weighted by Gasteiger charge is 2.19. The summed E-state index contributed by atoms with van der Waals surface area (Å²) in [5.41, 5.74) is 2.47. The quantitative estimate of drug-likeness (QED) is 0.818. The van der Waals surface area contributed by atoms with Crippen LogP contribution in [-0.4, -0.2) is 29.1 Å². The van der Waals surface area contributed by atoms with Crippen LogP contribution in [0, 0.1) is 12.3 Å². The molecule has 0 saturated heterocycles. The number of amides is 1. The summed E-state index contributed by atoms with van der Waals surface area (Å²) in [7, 11) is 0. The molecule has 0 radical (unpaired) electrons. The van der Waals surface area contributed by atoms with Gasteiger partial charge in [0.1, 0.15) is 4.88 Å². The Morgan fingerprint density at radius 3 is 2.82 bits per heavy atom. The van der Waals surface area contributed by atoms with Crippen molar-refractivity contribution in [3.63, 3.8) is 0 Å². The minimum atomic E-state index is -0.0536. The summed E-state index contributed by atoms with van der Waals surface area (Å²) in [5, 5.41) is 11.7. The zero-order valence-electron chi connectivity index (χ0n) is 10.6. The molecule has 0 aliphatic carbocycles. The van der Waals surface area contributed by atoms with Crippen LogP contribution < -0.4 is 5.32 Å². The predicted molar refractivity (Wildman–Crippen MR) is 69.3 cm³/mol. The van der Waals surface area contributed by atoms with Gasteiger partial charge in [-0.3, -0.25) is 4.79 Å². The van der Waals surface area contributed by atoms with E-state index in [1.807, 2.05) is 6.92 Å². The van der Waals surface area contributed by atoms with Crippen molar-refractivity contribution in [2.75, 3.05) is 13.2 Å². The van der Waals surface area contributed by atoms with E-state index in [9.17, 15) is 4.79 Å². The van der Waals surface area contributed by atoms with Crippen molar-refractivity contribution in [3.8, 4) is 0 Å². The largest absolute Gasteiger partial charge is 0.396 e. The number of thiazole rings is 1. The molecule has 0 spiro atoms. The van der Waals surface area contributed by atoms with Crippen LogP contribution in [0.2, 0.25) is 0 Å². The Kier molecular flexibility index (Phi) is 5.08. The first-order chi connectivity index (χ1) is 7.96. The van der Waals surface area contributed by atoms with Gasteiger partial charge in [-0.2, -0.15) is 0 Å². The monoisotopic (exact) mass is 256 g/mol. The van der Waals surface area contributed by atoms with Gasteiger partial charge in [0.05, 0.1) is 11.2 Å². The van der Waals surface area contributed by atoms with Gasteiger partial charge in [-0.15, -0.1) is 11.3 Å². The van der Waals surface area contributed by atoms with E-state index >= 15 is 0 Å². The first kappa shape index (κ1) is 14.1. The molecule has 96 valence electrons. The van der Waals surface area contributed by atoms with E-state index in [0.29, 0.717) is 11.4 Å². The lowest BCUT2D eigenvalue weighted by Gasteiger charge is -2.24. The molecule has 0 aromatic carbocycles. The van der Waals surface area contributed by atoms with Crippen molar-refractivity contribution in [3.05, 3.63) is 16.1 Å². The zero-order valence-corrected chi connectivity index (χ0v) is 11.4. The molecule has 17 heavy (non-hydrogen) atoms. The molecule has 1 aromatic rings. The molecule has 0 fully saturated rings. The maximum atomic E-state index is 11.9. The summed E-state index contributed by atoms with van der Waals surface area (Å²) in [5.74, 6) is -0.0536. The highest BCUT2D eigenvalue weighted by molar-refractivity contribution is 7.11. The van der Waals surface area contributed by atoms with Crippen molar-refractivity contribution in [1.29, 1.82) is 0 Å². The van der Waals surface area contributed by atoms with E-state index in [1.165, 1.54) is 11.3 Å². The van der Waals surface area contributed by atoms with Gasteiger partial charge in [-0.05, 0) is 25.2 Å². The van der Waals surface area contributed by atoms with Crippen LogP contribution in [0.4, 0.5) is 0 Å². The fraction of sp³-hybridized carbons (Fsp3) is 0.667. The summed E-state index contributed by atoms with van der Waals surface area (Å²) < 4.78 is 0. The SMILES string of the molecule is Cc1ncsc1C(=O)NCC(C)(C)CCCO. The van der Waals surface area contributed by atoms with Gasteiger partial charge in [0, 0.05) is 13.2 Å². The van der Waals surface area contributed by atoms with E-state index in [4.69, 9.17) is 5.11 Å². The molecule has 0 atom stereocenters. The molecule has 5 heteroatoms. The second kappa shape index (κ2) is 6.12. The predicted octanol–water partition coefficient (Wildman–Crippen LogP) is 1.98. The highest BCUT2D eigenvalue weighted by atomic mass is 32.1. The lowest BCUT2D eigenvalue weighted by Crippen LogP contribution is -2.34. The van der Waals surface area contributed by atoms with Gasteiger partial charge < -0.3 is 10.4 Å². The summed E-state index contributed by atoms with van der Waals surface area (Å²) in [6.45, 7) is 6.82. The lowest BCUT2D eigenvalue weighted by molar-refractivity contribution is 0.0936. The lowest BCUT2D eigenvalue weighted by atomic mass is 9.88. The van der Waals surface area contributed by atoms with Crippen molar-refractivity contribution in [1.82, 2.24) is 10.3 Å². The Morgan fingerprint density at radius 2 is 2.29 bits per heavy atom. The van der Waals surface area contributed by atoms with Crippen LogP contribution in [0.25, 0.3) is 0 Å². The molecular formula is C12H20N2O2S. The van der Waals surface area contributed by atoms with Crippen molar-refractivity contribution < 1.29 is 9.90 Å². The average Bonchev–Trinajstić information content (AvgIpc) is 2.70. The number of aliphatic hydroxyl groups is 1. The third kappa shape index (κ3) is 4.44. The summed E-state index contributed by atoms with van der Waals surface area (Å²) in [4.78, 5) is 16.6. The average molecular weight is 256 g/mol. The molecule has 4 nitrogen and oxygen atoms in total. The fourth-order valence-electron chi connectivity index (χ4n) is 1.57. The molecule has 0 aliphatic heterocycles. The number of aromatic nitrogens is 1. The van der Waals surface area contributed by atoms with E-state index < -0.39 is 0 Å². The van der Waals surface area contributed by atoms with E-state index in [0.717, 1.165) is 18.5 Å². The van der Waals surface area contributed by atoms with Gasteiger partial charge in [0.25, 0.3) is 5.91 Å². The number of carbonyl (C=O) groups is 1. The van der Waals surface area contributed by atoms with Crippen LogP contribution in [-0.2, 0) is 0 Å². The molecule has 1 rings (SSSR count). The van der Waals surface area contributed by atoms with Gasteiger partial charge in [-0.1, -0.05) is 13.8 Å². The molecule has 1 heterocycles. The molecule has 2 N–H and O–H groups in total. The second-order valence-electron chi connectivity index (χ2n) is 4.94. The van der Waals surface area contributed by atoms with E-state index in [1.54, 1.807) is 5.51 Å². The van der Waals surface area contributed by atoms with Gasteiger partial charge in [0.2, 0.25) is 0 Å². The van der Waals surface area contributed by atoms with Gasteiger partial charge in [-0.25, -0.2) is 4.98 Å². The Morgan fingerprint density at radius 1 is 1.59 bits per heavy atom. The van der Waals surface area contributed by atoms with Crippen LogP contribution in [0.1, 0.15) is 42.1 Å². The molecule has 0 saturated carbocycles. The Hall–Kier alpha value is -0.940. The smallest absolute Gasteiger partial charge is 0.263 e. The first-order valence-electron chi connectivity index (χ1n) is 5.75. The van der Waals surface area contributed by atoms with Crippen LogP contribution in [0.15, 0.2) is 5.51 Å². The Labute approximate surface area is 106 Å². The standard InChI is InChI=1S/C12H20N2O2S/c1-9-10(17-8-14-9)11(16)13-7-12(2,3)5-4-6-15/h8,15H,4-7H2,1-3H3,(H,13,16). The molecular weight excluding hydrogens is 236 g/mol. The van der Waals surface area contributed by atoms with Crippen molar-refractivity contribution >= 4 is 17.2 Å². The van der Waals surface area contributed by atoms with Crippen molar-refractivity contribution in [2.24, 2.45) is 5.41 Å². The van der Waals surface area contributed by atoms with Crippen LogP contribution in [0.5, 0.6) is 0 Å². The fourth-order valence-corrected chi connectivity index (χ4v) is 2.28. The summed E-state index contributed by atoms with van der Waals surface area (Å²) in [6.07, 6.45) is 1.66. The third-order valence-corrected chi connectivity index (χ3v) is 3.62. The Balaban J connectivity index is 2.45. The number of hydrogen-bond donors (Lipinski definition) is 2.